The van der Waals surface area contributed by atoms with Crippen LogP contribution in [0.1, 0.15) is 27.4 Å². The standard InChI is InChI=1S/C23H17Br2NO3/c1-29-23(28)21(26-22(27)13-10-14(24)12-15(25)11-13)20-18-8-4-2-6-16(18)17-7-3-5-9-19(17)20/h2-12,20-21H,1H3,(H,26,27)/t21-/m0/s1. The van der Waals surface area contributed by atoms with E-state index in [1.807, 2.05) is 54.6 Å². The Kier molecular flexibility index (Phi) is 5.56. The molecule has 0 aromatic heterocycles. The lowest BCUT2D eigenvalue weighted by atomic mass is 9.89. The third kappa shape index (κ3) is 3.74. The zero-order valence-electron chi connectivity index (χ0n) is 15.5. The summed E-state index contributed by atoms with van der Waals surface area (Å²) in [6, 6.07) is 20.3. The SMILES string of the molecule is COC(=O)[C@@H](NC(=O)c1cc(Br)cc(Br)c1)C1c2ccccc2-c2ccccc21. The zero-order valence-corrected chi connectivity index (χ0v) is 18.7. The number of methoxy groups -OCH3 is 1. The van der Waals surface area contributed by atoms with Gasteiger partial charge in [0.15, 0.2) is 0 Å². The van der Waals surface area contributed by atoms with Crippen molar-refractivity contribution < 1.29 is 14.3 Å². The Morgan fingerprint density at radius 3 is 1.93 bits per heavy atom. The third-order valence-corrected chi connectivity index (χ3v) is 6.00. The van der Waals surface area contributed by atoms with Crippen molar-refractivity contribution in [2.24, 2.45) is 0 Å². The fourth-order valence-corrected chi connectivity index (χ4v) is 5.16. The second-order valence-electron chi connectivity index (χ2n) is 6.78. The van der Waals surface area contributed by atoms with E-state index in [1.54, 1.807) is 12.1 Å². The van der Waals surface area contributed by atoms with Gasteiger partial charge in [0.1, 0.15) is 6.04 Å². The molecule has 0 fully saturated rings. The first-order chi connectivity index (χ1) is 14.0. The number of carbonyl (C=O) groups is 2. The van der Waals surface area contributed by atoms with Gasteiger partial charge in [0.25, 0.3) is 5.91 Å². The van der Waals surface area contributed by atoms with Crippen LogP contribution in [0, 0.1) is 0 Å². The van der Waals surface area contributed by atoms with Gasteiger partial charge in [0.05, 0.1) is 7.11 Å². The summed E-state index contributed by atoms with van der Waals surface area (Å²) in [5.41, 5.74) is 4.59. The number of amides is 1. The predicted octanol–water partition coefficient (Wildman–Crippen LogP) is 5.30. The molecule has 3 aromatic carbocycles. The summed E-state index contributed by atoms with van der Waals surface area (Å²) in [6.45, 7) is 0. The molecular formula is C23H17Br2NO3. The molecule has 3 aromatic rings. The maximum absolute atomic E-state index is 13.0. The molecule has 0 radical (unpaired) electrons. The second kappa shape index (κ2) is 8.13. The lowest BCUT2D eigenvalue weighted by Crippen LogP contribution is -2.45. The average Bonchev–Trinajstić information content (AvgIpc) is 3.05. The average molecular weight is 515 g/mol. The summed E-state index contributed by atoms with van der Waals surface area (Å²) in [5, 5.41) is 2.91. The first-order valence-electron chi connectivity index (χ1n) is 9.02. The molecule has 1 aliphatic carbocycles. The van der Waals surface area contributed by atoms with Gasteiger partial charge in [0.2, 0.25) is 0 Å². The van der Waals surface area contributed by atoms with Crippen molar-refractivity contribution in [3.05, 3.63) is 92.4 Å². The van der Waals surface area contributed by atoms with Crippen LogP contribution in [0.25, 0.3) is 11.1 Å². The molecule has 0 bridgehead atoms. The van der Waals surface area contributed by atoms with Crippen molar-refractivity contribution in [3.63, 3.8) is 0 Å². The molecule has 0 heterocycles. The van der Waals surface area contributed by atoms with E-state index in [1.165, 1.54) is 7.11 Å². The van der Waals surface area contributed by atoms with Crippen molar-refractivity contribution >= 4 is 43.7 Å². The highest BCUT2D eigenvalue weighted by Gasteiger charge is 2.39. The first-order valence-corrected chi connectivity index (χ1v) is 10.6. The third-order valence-electron chi connectivity index (χ3n) is 5.08. The van der Waals surface area contributed by atoms with Crippen LogP contribution in [0.4, 0.5) is 0 Å². The number of carbonyl (C=O) groups excluding carboxylic acids is 2. The van der Waals surface area contributed by atoms with E-state index >= 15 is 0 Å². The molecule has 29 heavy (non-hydrogen) atoms. The van der Waals surface area contributed by atoms with E-state index in [0.717, 1.165) is 31.2 Å². The summed E-state index contributed by atoms with van der Waals surface area (Å²) in [7, 11) is 1.34. The van der Waals surface area contributed by atoms with Crippen molar-refractivity contribution in [2.45, 2.75) is 12.0 Å². The van der Waals surface area contributed by atoms with Crippen molar-refractivity contribution in [1.82, 2.24) is 5.32 Å². The maximum Gasteiger partial charge on any atom is 0.329 e. The number of ether oxygens (including phenoxy) is 1. The smallest absolute Gasteiger partial charge is 0.329 e. The Morgan fingerprint density at radius 1 is 0.897 bits per heavy atom. The van der Waals surface area contributed by atoms with Gasteiger partial charge in [-0.25, -0.2) is 4.79 Å². The minimum absolute atomic E-state index is 0.325. The first kappa shape index (κ1) is 19.9. The maximum atomic E-state index is 13.0. The highest BCUT2D eigenvalue weighted by Crippen LogP contribution is 2.46. The number of halogens is 2. The van der Waals surface area contributed by atoms with Gasteiger partial charge in [-0.05, 0) is 40.5 Å². The summed E-state index contributed by atoms with van der Waals surface area (Å²) < 4.78 is 6.60. The highest BCUT2D eigenvalue weighted by atomic mass is 79.9. The number of hydrogen-bond acceptors (Lipinski definition) is 3. The summed E-state index contributed by atoms with van der Waals surface area (Å²) in [5.74, 6) is -1.15. The van der Waals surface area contributed by atoms with Crippen molar-refractivity contribution in [1.29, 1.82) is 0 Å². The lowest BCUT2D eigenvalue weighted by molar-refractivity contribution is -0.143. The lowest BCUT2D eigenvalue weighted by Gasteiger charge is -2.24. The molecule has 0 aliphatic heterocycles. The number of benzene rings is 3. The molecule has 0 saturated heterocycles. The molecule has 4 rings (SSSR count). The van der Waals surface area contributed by atoms with Crippen LogP contribution in [0.15, 0.2) is 75.7 Å². The van der Waals surface area contributed by atoms with Gasteiger partial charge in [-0.3, -0.25) is 4.79 Å². The van der Waals surface area contributed by atoms with Crippen LogP contribution < -0.4 is 5.32 Å². The molecule has 0 saturated carbocycles. The molecule has 6 heteroatoms. The molecule has 1 amide bonds. The van der Waals surface area contributed by atoms with Gasteiger partial charge in [0, 0.05) is 20.4 Å². The van der Waals surface area contributed by atoms with E-state index in [4.69, 9.17) is 4.74 Å². The fourth-order valence-electron chi connectivity index (χ4n) is 3.87. The number of hydrogen-bond donors (Lipinski definition) is 1. The highest BCUT2D eigenvalue weighted by molar-refractivity contribution is 9.11. The monoisotopic (exact) mass is 513 g/mol. The molecule has 1 aliphatic rings. The normalized spacial score (nSPS) is 13.3. The Balaban J connectivity index is 1.76. The Bertz CT molecular complexity index is 1050. The van der Waals surface area contributed by atoms with Gasteiger partial charge in [-0.15, -0.1) is 0 Å². The van der Waals surface area contributed by atoms with E-state index in [-0.39, 0.29) is 11.8 Å². The number of rotatable bonds is 4. The summed E-state index contributed by atoms with van der Waals surface area (Å²) >= 11 is 6.80. The number of nitrogens with one attached hydrogen (secondary N) is 1. The van der Waals surface area contributed by atoms with Gasteiger partial charge < -0.3 is 10.1 Å². The minimum Gasteiger partial charge on any atom is -0.467 e. The minimum atomic E-state index is -0.852. The molecule has 4 nitrogen and oxygen atoms in total. The number of esters is 1. The molecule has 1 N–H and O–H groups in total. The van der Waals surface area contributed by atoms with E-state index in [9.17, 15) is 9.59 Å². The zero-order chi connectivity index (χ0) is 20.5. The van der Waals surface area contributed by atoms with Gasteiger partial charge >= 0.3 is 5.97 Å². The Labute approximate surface area is 185 Å². The van der Waals surface area contributed by atoms with Crippen LogP contribution in [0.5, 0.6) is 0 Å². The van der Waals surface area contributed by atoms with Gasteiger partial charge in [-0.1, -0.05) is 80.4 Å². The second-order valence-corrected chi connectivity index (χ2v) is 8.62. The van der Waals surface area contributed by atoms with E-state index in [0.29, 0.717) is 5.56 Å². The molecule has 0 spiro atoms. The van der Waals surface area contributed by atoms with Crippen molar-refractivity contribution in [3.8, 4) is 11.1 Å². The van der Waals surface area contributed by atoms with Crippen LogP contribution in [0.2, 0.25) is 0 Å². The van der Waals surface area contributed by atoms with E-state index < -0.39 is 12.0 Å². The quantitative estimate of drug-likeness (QED) is 0.481. The van der Waals surface area contributed by atoms with Gasteiger partial charge in [-0.2, -0.15) is 0 Å². The van der Waals surface area contributed by atoms with E-state index in [2.05, 4.69) is 37.2 Å². The largest absolute Gasteiger partial charge is 0.467 e. The van der Waals surface area contributed by atoms with Crippen LogP contribution >= 0.6 is 31.9 Å². The molecular weight excluding hydrogens is 498 g/mol. The summed E-state index contributed by atoms with van der Waals surface area (Å²) in [4.78, 5) is 25.8. The molecule has 146 valence electrons. The molecule has 1 atom stereocenters. The molecule has 0 unspecified atom stereocenters. The van der Waals surface area contributed by atoms with Crippen LogP contribution in [-0.2, 0) is 9.53 Å². The van der Waals surface area contributed by atoms with Crippen LogP contribution in [-0.4, -0.2) is 25.0 Å². The van der Waals surface area contributed by atoms with Crippen molar-refractivity contribution in [2.75, 3.05) is 7.11 Å². The topological polar surface area (TPSA) is 55.4 Å². The Hall–Kier alpha value is -2.44. The predicted molar refractivity (Wildman–Crippen MR) is 119 cm³/mol. The number of fused-ring (bicyclic) bond motifs is 3. The van der Waals surface area contributed by atoms with Crippen LogP contribution in [0.3, 0.4) is 0 Å². The Morgan fingerprint density at radius 2 is 1.41 bits per heavy atom. The summed E-state index contributed by atoms with van der Waals surface area (Å²) in [6.07, 6.45) is 0. The fraction of sp³-hybridized carbons (Fsp3) is 0.130.